The van der Waals surface area contributed by atoms with Crippen molar-refractivity contribution in [3.8, 4) is 22.9 Å². The maximum atomic E-state index is 9.80. The van der Waals surface area contributed by atoms with E-state index in [1.807, 2.05) is 24.3 Å². The second-order valence-corrected chi connectivity index (χ2v) is 5.87. The van der Waals surface area contributed by atoms with Crippen molar-refractivity contribution < 1.29 is 4.74 Å². The number of rotatable bonds is 7. The lowest BCUT2D eigenvalue weighted by molar-refractivity contribution is 0.415. The monoisotopic (exact) mass is 323 g/mol. The number of unbranched alkanes of at least 4 members (excludes halogenated alkanes) is 1. The van der Waals surface area contributed by atoms with E-state index in [1.54, 1.807) is 7.11 Å². The number of hydrogen-bond donors (Lipinski definition) is 1. The van der Waals surface area contributed by atoms with Gasteiger partial charge in [0.15, 0.2) is 0 Å². The van der Waals surface area contributed by atoms with E-state index >= 15 is 0 Å². The number of aryl methyl sites for hydroxylation is 1. The minimum absolute atomic E-state index is 0.433. The number of benzene rings is 1. The summed E-state index contributed by atoms with van der Waals surface area (Å²) in [5.74, 6) is 1.21. The molecule has 0 saturated carbocycles. The van der Waals surface area contributed by atoms with Gasteiger partial charge in [-0.05, 0) is 42.5 Å². The maximum Gasteiger partial charge on any atom is 0.132 e. The lowest BCUT2D eigenvalue weighted by Gasteiger charge is -2.16. The first-order chi connectivity index (χ1) is 11.7. The molecule has 0 atom stereocenters. The van der Waals surface area contributed by atoms with E-state index in [-0.39, 0.29) is 0 Å². The van der Waals surface area contributed by atoms with Gasteiger partial charge in [-0.15, -0.1) is 0 Å². The predicted octanol–water partition coefficient (Wildman–Crippen LogP) is 4.51. The molecular formula is C20H25N3O. The Morgan fingerprint density at radius 1 is 1.12 bits per heavy atom. The van der Waals surface area contributed by atoms with Crippen molar-refractivity contribution in [2.24, 2.45) is 0 Å². The molecule has 2 N–H and O–H groups in total. The first-order valence-corrected chi connectivity index (χ1v) is 8.51. The molecule has 0 aliphatic rings. The van der Waals surface area contributed by atoms with Gasteiger partial charge in [-0.2, -0.15) is 5.26 Å². The summed E-state index contributed by atoms with van der Waals surface area (Å²) < 4.78 is 5.21. The number of ether oxygens (including phenoxy) is 1. The third kappa shape index (κ3) is 3.68. The van der Waals surface area contributed by atoms with E-state index < -0.39 is 0 Å². The molecule has 0 aliphatic heterocycles. The van der Waals surface area contributed by atoms with Gasteiger partial charge >= 0.3 is 0 Å². The van der Waals surface area contributed by atoms with Crippen LogP contribution in [0.15, 0.2) is 24.3 Å². The van der Waals surface area contributed by atoms with Crippen molar-refractivity contribution >= 4 is 5.82 Å². The van der Waals surface area contributed by atoms with Gasteiger partial charge in [0, 0.05) is 11.3 Å². The van der Waals surface area contributed by atoms with Crippen molar-refractivity contribution in [2.75, 3.05) is 12.8 Å². The highest BCUT2D eigenvalue weighted by atomic mass is 16.5. The van der Waals surface area contributed by atoms with E-state index in [0.717, 1.165) is 60.2 Å². The van der Waals surface area contributed by atoms with Crippen molar-refractivity contribution in [1.29, 1.82) is 5.26 Å². The molecule has 0 radical (unpaired) electrons. The van der Waals surface area contributed by atoms with Crippen LogP contribution < -0.4 is 10.5 Å². The number of nitriles is 1. The fourth-order valence-corrected chi connectivity index (χ4v) is 2.94. The van der Waals surface area contributed by atoms with E-state index in [9.17, 15) is 5.26 Å². The van der Waals surface area contributed by atoms with Crippen LogP contribution in [0.2, 0.25) is 0 Å². The Labute approximate surface area is 144 Å². The Morgan fingerprint density at radius 2 is 1.83 bits per heavy atom. The fraction of sp³-hybridized carbons (Fsp3) is 0.400. The summed E-state index contributed by atoms with van der Waals surface area (Å²) in [5.41, 5.74) is 10.6. The molecule has 0 amide bonds. The van der Waals surface area contributed by atoms with Gasteiger partial charge < -0.3 is 10.5 Å². The van der Waals surface area contributed by atoms with E-state index in [0.29, 0.717) is 11.4 Å². The number of nitrogen functional groups attached to an aromatic ring is 1. The third-order valence-electron chi connectivity index (χ3n) is 4.17. The van der Waals surface area contributed by atoms with Crippen LogP contribution in [-0.4, -0.2) is 12.1 Å². The summed E-state index contributed by atoms with van der Waals surface area (Å²) in [7, 11) is 1.63. The summed E-state index contributed by atoms with van der Waals surface area (Å²) in [6, 6.07) is 9.98. The molecule has 0 fully saturated rings. The molecule has 1 aromatic heterocycles. The third-order valence-corrected chi connectivity index (χ3v) is 4.17. The molecule has 126 valence electrons. The molecule has 0 aliphatic carbocycles. The van der Waals surface area contributed by atoms with Gasteiger partial charge in [0.2, 0.25) is 0 Å². The highest BCUT2D eigenvalue weighted by Crippen LogP contribution is 2.34. The van der Waals surface area contributed by atoms with Gasteiger partial charge in [-0.1, -0.05) is 38.8 Å². The second-order valence-electron chi connectivity index (χ2n) is 5.87. The second kappa shape index (κ2) is 8.35. The Bertz CT molecular complexity index is 730. The molecule has 1 aromatic carbocycles. The number of aromatic nitrogens is 1. The van der Waals surface area contributed by atoms with Crippen molar-refractivity contribution in [3.05, 3.63) is 41.1 Å². The highest BCUT2D eigenvalue weighted by molar-refractivity contribution is 5.81. The largest absolute Gasteiger partial charge is 0.497 e. The maximum absolute atomic E-state index is 9.80. The Kier molecular flexibility index (Phi) is 6.20. The quantitative estimate of drug-likeness (QED) is 0.814. The SMILES string of the molecule is CCCCc1nc(N)c(-c2ccc(OC)cc2)c(C#N)c1CCC. The smallest absolute Gasteiger partial charge is 0.132 e. The van der Waals surface area contributed by atoms with Gasteiger partial charge in [0.25, 0.3) is 0 Å². The summed E-state index contributed by atoms with van der Waals surface area (Å²) in [6.45, 7) is 4.27. The number of pyridine rings is 1. The lowest BCUT2D eigenvalue weighted by atomic mass is 9.92. The van der Waals surface area contributed by atoms with E-state index in [2.05, 4.69) is 24.9 Å². The molecule has 1 heterocycles. The molecule has 0 spiro atoms. The zero-order chi connectivity index (χ0) is 17.5. The zero-order valence-electron chi connectivity index (χ0n) is 14.7. The molecule has 0 bridgehead atoms. The van der Waals surface area contributed by atoms with Crippen LogP contribution in [0.1, 0.15) is 49.9 Å². The van der Waals surface area contributed by atoms with Crippen molar-refractivity contribution in [2.45, 2.75) is 46.0 Å². The normalized spacial score (nSPS) is 10.4. The molecule has 2 rings (SSSR count). The van der Waals surface area contributed by atoms with Crippen LogP contribution in [-0.2, 0) is 12.8 Å². The molecule has 2 aromatic rings. The van der Waals surface area contributed by atoms with Gasteiger partial charge in [0.05, 0.1) is 12.7 Å². The zero-order valence-corrected chi connectivity index (χ0v) is 14.7. The Balaban J connectivity index is 2.62. The first-order valence-electron chi connectivity index (χ1n) is 8.51. The molecule has 0 saturated heterocycles. The van der Waals surface area contributed by atoms with Crippen LogP contribution in [0.5, 0.6) is 5.75 Å². The minimum Gasteiger partial charge on any atom is -0.497 e. The standard InChI is InChI=1S/C20H25N3O/c1-4-6-8-18-16(7-5-2)17(13-21)19(20(22)23-18)14-9-11-15(24-3)12-10-14/h9-12H,4-8H2,1-3H3,(H2,22,23). The minimum atomic E-state index is 0.433. The number of anilines is 1. The van der Waals surface area contributed by atoms with Crippen LogP contribution in [0.4, 0.5) is 5.82 Å². The van der Waals surface area contributed by atoms with Crippen LogP contribution in [0, 0.1) is 11.3 Å². The molecule has 0 unspecified atom stereocenters. The van der Waals surface area contributed by atoms with Crippen molar-refractivity contribution in [3.63, 3.8) is 0 Å². The summed E-state index contributed by atoms with van der Waals surface area (Å²) in [4.78, 5) is 4.65. The molecule has 4 nitrogen and oxygen atoms in total. The van der Waals surface area contributed by atoms with Crippen LogP contribution >= 0.6 is 0 Å². The topological polar surface area (TPSA) is 71.9 Å². The van der Waals surface area contributed by atoms with E-state index in [4.69, 9.17) is 10.5 Å². The van der Waals surface area contributed by atoms with Crippen LogP contribution in [0.25, 0.3) is 11.1 Å². The number of methoxy groups -OCH3 is 1. The lowest BCUT2D eigenvalue weighted by Crippen LogP contribution is -2.08. The molecule has 4 heteroatoms. The average molecular weight is 323 g/mol. The summed E-state index contributed by atoms with van der Waals surface area (Å²) in [6.07, 6.45) is 4.83. The Hall–Kier alpha value is -2.54. The molecule has 24 heavy (non-hydrogen) atoms. The summed E-state index contributed by atoms with van der Waals surface area (Å²) >= 11 is 0. The number of nitrogens with zero attached hydrogens (tertiary/aromatic N) is 2. The average Bonchev–Trinajstić information content (AvgIpc) is 2.61. The number of hydrogen-bond acceptors (Lipinski definition) is 4. The van der Waals surface area contributed by atoms with Crippen molar-refractivity contribution in [1.82, 2.24) is 4.98 Å². The van der Waals surface area contributed by atoms with Gasteiger partial charge in [-0.3, -0.25) is 0 Å². The van der Waals surface area contributed by atoms with Gasteiger partial charge in [-0.25, -0.2) is 4.98 Å². The number of nitrogens with two attached hydrogens (primary N) is 1. The van der Waals surface area contributed by atoms with E-state index in [1.165, 1.54) is 0 Å². The summed E-state index contributed by atoms with van der Waals surface area (Å²) in [5, 5.41) is 9.80. The predicted molar refractivity (Wildman–Crippen MR) is 98.0 cm³/mol. The van der Waals surface area contributed by atoms with Crippen LogP contribution in [0.3, 0.4) is 0 Å². The first kappa shape index (κ1) is 17.8. The van der Waals surface area contributed by atoms with Gasteiger partial charge in [0.1, 0.15) is 17.6 Å². The highest BCUT2D eigenvalue weighted by Gasteiger charge is 2.19. The fourth-order valence-electron chi connectivity index (χ4n) is 2.94. The molecular weight excluding hydrogens is 298 g/mol. The Morgan fingerprint density at radius 3 is 2.38 bits per heavy atom.